The van der Waals surface area contributed by atoms with Gasteiger partial charge in [-0.1, -0.05) is 18.2 Å². The summed E-state index contributed by atoms with van der Waals surface area (Å²) in [5.74, 6) is -0.749. The first kappa shape index (κ1) is 16.8. The zero-order chi connectivity index (χ0) is 20.1. The average molecular weight is 385 g/mol. The van der Waals surface area contributed by atoms with E-state index in [1.165, 1.54) is 30.3 Å². The molecule has 1 aliphatic heterocycles. The van der Waals surface area contributed by atoms with Crippen LogP contribution in [0, 0.1) is 10.1 Å². The highest BCUT2D eigenvalue weighted by Crippen LogP contribution is 2.33. The molecule has 8 heteroatoms. The van der Waals surface area contributed by atoms with E-state index in [1.807, 2.05) is 18.2 Å². The molecule has 1 aliphatic rings. The molecule has 2 amide bonds. The molecule has 0 unspecified atom stereocenters. The van der Waals surface area contributed by atoms with Crippen molar-refractivity contribution in [2.45, 2.75) is 0 Å². The van der Waals surface area contributed by atoms with Crippen LogP contribution in [0.15, 0.2) is 71.1 Å². The third-order valence-electron chi connectivity index (χ3n) is 4.73. The third-order valence-corrected chi connectivity index (χ3v) is 4.73. The Labute approximate surface area is 163 Å². The lowest BCUT2D eigenvalue weighted by Gasteiger charge is -2.13. The van der Waals surface area contributed by atoms with Crippen LogP contribution in [-0.4, -0.2) is 21.7 Å². The lowest BCUT2D eigenvalue weighted by molar-refractivity contribution is -0.384. The SMILES string of the molecule is O=C1c2ccc(-c3nc4ccccc4o3)cc2C(=O)N1c1cccc([N+](=O)[O-])c1. The summed E-state index contributed by atoms with van der Waals surface area (Å²) in [6.07, 6.45) is 0. The van der Waals surface area contributed by atoms with Crippen LogP contribution in [-0.2, 0) is 0 Å². The zero-order valence-electron chi connectivity index (χ0n) is 14.7. The number of hydrogen-bond acceptors (Lipinski definition) is 6. The summed E-state index contributed by atoms with van der Waals surface area (Å²) < 4.78 is 5.73. The highest BCUT2D eigenvalue weighted by Gasteiger charge is 2.37. The summed E-state index contributed by atoms with van der Waals surface area (Å²) in [4.78, 5) is 41.5. The smallest absolute Gasteiger partial charge is 0.271 e. The highest BCUT2D eigenvalue weighted by atomic mass is 16.6. The van der Waals surface area contributed by atoms with E-state index in [9.17, 15) is 19.7 Å². The fraction of sp³-hybridized carbons (Fsp3) is 0. The number of fused-ring (bicyclic) bond motifs is 2. The molecule has 5 rings (SSSR count). The maximum absolute atomic E-state index is 12.9. The molecule has 0 aliphatic carbocycles. The van der Waals surface area contributed by atoms with Gasteiger partial charge in [-0.05, 0) is 36.4 Å². The van der Waals surface area contributed by atoms with E-state index >= 15 is 0 Å². The van der Waals surface area contributed by atoms with Gasteiger partial charge in [0, 0.05) is 17.7 Å². The molecule has 8 nitrogen and oxygen atoms in total. The van der Waals surface area contributed by atoms with Gasteiger partial charge in [0.05, 0.1) is 21.7 Å². The molecule has 3 aromatic carbocycles. The number of anilines is 1. The van der Waals surface area contributed by atoms with Crippen LogP contribution in [0.25, 0.3) is 22.6 Å². The highest BCUT2D eigenvalue weighted by molar-refractivity contribution is 6.34. The van der Waals surface area contributed by atoms with E-state index in [0.29, 0.717) is 22.6 Å². The van der Waals surface area contributed by atoms with E-state index in [0.717, 1.165) is 4.90 Å². The average Bonchev–Trinajstić information content (AvgIpc) is 3.27. The quantitative estimate of drug-likeness (QED) is 0.297. The van der Waals surface area contributed by atoms with Gasteiger partial charge in [-0.25, -0.2) is 9.88 Å². The van der Waals surface area contributed by atoms with Gasteiger partial charge in [-0.15, -0.1) is 0 Å². The Kier molecular flexibility index (Phi) is 3.53. The Bertz CT molecular complexity index is 1310. The summed E-state index contributed by atoms with van der Waals surface area (Å²) in [6.45, 7) is 0. The first-order valence-electron chi connectivity index (χ1n) is 8.66. The molecular weight excluding hydrogens is 374 g/mol. The number of oxazole rings is 1. The molecule has 0 N–H and O–H groups in total. The number of nitro benzene ring substituents is 1. The molecule has 0 spiro atoms. The summed E-state index contributed by atoms with van der Waals surface area (Å²) >= 11 is 0. The van der Waals surface area contributed by atoms with E-state index < -0.39 is 16.7 Å². The fourth-order valence-electron chi connectivity index (χ4n) is 3.35. The van der Waals surface area contributed by atoms with Gasteiger partial charge in [-0.3, -0.25) is 19.7 Å². The molecule has 2 heterocycles. The molecule has 140 valence electrons. The van der Waals surface area contributed by atoms with Gasteiger partial charge in [0.2, 0.25) is 5.89 Å². The van der Waals surface area contributed by atoms with Crippen molar-refractivity contribution in [3.05, 3.63) is 88.0 Å². The van der Waals surface area contributed by atoms with Crippen LogP contribution in [0.2, 0.25) is 0 Å². The van der Waals surface area contributed by atoms with Gasteiger partial charge < -0.3 is 4.42 Å². The zero-order valence-corrected chi connectivity index (χ0v) is 14.7. The molecule has 0 fully saturated rings. The number of benzene rings is 3. The van der Waals surface area contributed by atoms with Gasteiger partial charge >= 0.3 is 0 Å². The van der Waals surface area contributed by atoms with Crippen molar-refractivity contribution in [1.82, 2.24) is 4.98 Å². The lowest BCUT2D eigenvalue weighted by Crippen LogP contribution is -2.29. The molecular formula is C21H11N3O5. The van der Waals surface area contributed by atoms with Crippen LogP contribution in [0.4, 0.5) is 11.4 Å². The predicted molar refractivity (Wildman–Crippen MR) is 104 cm³/mol. The van der Waals surface area contributed by atoms with Gasteiger partial charge in [0.1, 0.15) is 5.52 Å². The normalized spacial score (nSPS) is 13.2. The topological polar surface area (TPSA) is 107 Å². The number of amides is 2. The molecule has 0 saturated carbocycles. The van der Waals surface area contributed by atoms with Crippen LogP contribution in [0.5, 0.6) is 0 Å². The Hall–Kier alpha value is -4.33. The Morgan fingerprint density at radius 2 is 1.69 bits per heavy atom. The van der Waals surface area contributed by atoms with Crippen molar-refractivity contribution in [2.24, 2.45) is 0 Å². The number of carbonyl (C=O) groups excluding carboxylic acids is 2. The standard InChI is InChI=1S/C21H11N3O5/c25-20-15-9-8-12(19-22-17-6-1-2-7-18(17)29-19)10-16(15)21(26)23(20)13-4-3-5-14(11-13)24(27)28/h1-11H. The second-order valence-electron chi connectivity index (χ2n) is 6.47. The molecule has 0 saturated heterocycles. The minimum absolute atomic E-state index is 0.147. The minimum Gasteiger partial charge on any atom is -0.436 e. The van der Waals surface area contributed by atoms with Gasteiger partial charge in [0.25, 0.3) is 17.5 Å². The van der Waals surface area contributed by atoms with Crippen molar-refractivity contribution in [3.63, 3.8) is 0 Å². The maximum Gasteiger partial charge on any atom is 0.271 e. The number of non-ortho nitro benzene ring substituents is 1. The van der Waals surface area contributed by atoms with Gasteiger partial charge in [-0.2, -0.15) is 0 Å². The predicted octanol–water partition coefficient (Wildman–Crippen LogP) is 4.20. The minimum atomic E-state index is -0.576. The molecule has 0 atom stereocenters. The van der Waals surface area contributed by atoms with Crippen molar-refractivity contribution in [1.29, 1.82) is 0 Å². The van der Waals surface area contributed by atoms with Crippen molar-refractivity contribution in [2.75, 3.05) is 4.90 Å². The molecule has 0 radical (unpaired) electrons. The van der Waals surface area contributed by atoms with Gasteiger partial charge in [0.15, 0.2) is 5.58 Å². The van der Waals surface area contributed by atoms with Crippen LogP contribution in [0.3, 0.4) is 0 Å². The monoisotopic (exact) mass is 385 g/mol. The summed E-state index contributed by atoms with van der Waals surface area (Å²) in [5.41, 5.74) is 2.22. The first-order valence-corrected chi connectivity index (χ1v) is 8.66. The van der Waals surface area contributed by atoms with E-state index in [1.54, 1.807) is 18.2 Å². The van der Waals surface area contributed by atoms with E-state index in [4.69, 9.17) is 4.42 Å². The summed E-state index contributed by atoms with van der Waals surface area (Å²) in [6, 6.07) is 17.4. The number of hydrogen-bond donors (Lipinski definition) is 0. The number of nitro groups is 1. The van der Waals surface area contributed by atoms with Crippen molar-refractivity contribution >= 4 is 34.3 Å². The fourth-order valence-corrected chi connectivity index (χ4v) is 3.35. The number of rotatable bonds is 3. The van der Waals surface area contributed by atoms with E-state index in [2.05, 4.69) is 4.98 Å². The van der Waals surface area contributed by atoms with Crippen LogP contribution < -0.4 is 4.90 Å². The molecule has 1 aromatic heterocycles. The number of nitrogens with zero attached hydrogens (tertiary/aromatic N) is 3. The third kappa shape index (κ3) is 2.58. The maximum atomic E-state index is 12.9. The van der Waals surface area contributed by atoms with Crippen LogP contribution >= 0.6 is 0 Å². The largest absolute Gasteiger partial charge is 0.436 e. The number of carbonyl (C=O) groups is 2. The number of para-hydroxylation sites is 2. The summed E-state index contributed by atoms with van der Waals surface area (Å²) in [5, 5.41) is 11.0. The summed E-state index contributed by atoms with van der Waals surface area (Å²) in [7, 11) is 0. The number of imide groups is 1. The van der Waals surface area contributed by atoms with Crippen molar-refractivity contribution in [3.8, 4) is 11.5 Å². The van der Waals surface area contributed by atoms with Crippen molar-refractivity contribution < 1.29 is 18.9 Å². The Morgan fingerprint density at radius 1 is 0.897 bits per heavy atom. The Balaban J connectivity index is 1.57. The Morgan fingerprint density at radius 3 is 2.48 bits per heavy atom. The second kappa shape index (κ2) is 6.10. The molecule has 0 bridgehead atoms. The van der Waals surface area contributed by atoms with E-state index in [-0.39, 0.29) is 22.5 Å². The lowest BCUT2D eigenvalue weighted by atomic mass is 10.1. The second-order valence-corrected chi connectivity index (χ2v) is 6.47. The number of aromatic nitrogens is 1. The van der Waals surface area contributed by atoms with Crippen LogP contribution in [0.1, 0.15) is 20.7 Å². The molecule has 4 aromatic rings. The molecule has 29 heavy (non-hydrogen) atoms. The first-order chi connectivity index (χ1) is 14.0.